The van der Waals surface area contributed by atoms with E-state index >= 15 is 0 Å². The van der Waals surface area contributed by atoms with E-state index in [9.17, 15) is 0 Å². The lowest BCUT2D eigenvalue weighted by atomic mass is 9.61. The van der Waals surface area contributed by atoms with Crippen molar-refractivity contribution >= 4 is 0 Å². The topological polar surface area (TPSA) is 52.0 Å². The van der Waals surface area contributed by atoms with E-state index in [0.717, 1.165) is 0 Å². The van der Waals surface area contributed by atoms with Crippen LogP contribution in [0.3, 0.4) is 0 Å². The molecule has 84 valence electrons. The van der Waals surface area contributed by atoms with E-state index in [1.165, 1.54) is 0 Å². The van der Waals surface area contributed by atoms with Crippen LogP contribution in [0.5, 0.6) is 0 Å². The maximum atomic E-state index is 6.31. The standard InChI is InChI=1S/C12H26N2/c1-6(2)10-9(5)11(13)7(3)8(4)12(10)14/h6-12H,13-14H2,1-5H3. The molecule has 1 fully saturated rings. The molecule has 1 aliphatic rings. The summed E-state index contributed by atoms with van der Waals surface area (Å²) in [6, 6.07) is 0.636. The fourth-order valence-corrected chi connectivity index (χ4v) is 3.19. The fraction of sp³-hybridized carbons (Fsp3) is 1.00. The quantitative estimate of drug-likeness (QED) is 0.675. The molecule has 0 amide bonds. The first kappa shape index (κ1) is 12.0. The zero-order chi connectivity index (χ0) is 11.0. The van der Waals surface area contributed by atoms with Crippen LogP contribution in [0.1, 0.15) is 34.6 Å². The predicted octanol–water partition coefficient (Wildman–Crippen LogP) is 1.84. The van der Waals surface area contributed by atoms with Gasteiger partial charge in [0.25, 0.3) is 0 Å². The summed E-state index contributed by atoms with van der Waals surface area (Å²) < 4.78 is 0. The second kappa shape index (κ2) is 4.19. The Morgan fingerprint density at radius 2 is 1.21 bits per heavy atom. The lowest BCUT2D eigenvalue weighted by Crippen LogP contribution is -2.57. The summed E-state index contributed by atoms with van der Waals surface area (Å²) in [6.45, 7) is 11.3. The van der Waals surface area contributed by atoms with Crippen LogP contribution < -0.4 is 11.5 Å². The van der Waals surface area contributed by atoms with Gasteiger partial charge in [0.05, 0.1) is 0 Å². The highest BCUT2D eigenvalue weighted by molar-refractivity contribution is 4.97. The van der Waals surface area contributed by atoms with Crippen molar-refractivity contribution in [3.8, 4) is 0 Å². The molecule has 0 heterocycles. The van der Waals surface area contributed by atoms with Crippen LogP contribution >= 0.6 is 0 Å². The van der Waals surface area contributed by atoms with Gasteiger partial charge < -0.3 is 11.5 Å². The van der Waals surface area contributed by atoms with E-state index in [1.54, 1.807) is 0 Å². The normalized spacial score (nSPS) is 49.7. The van der Waals surface area contributed by atoms with Crippen molar-refractivity contribution in [2.24, 2.45) is 41.1 Å². The lowest BCUT2D eigenvalue weighted by molar-refractivity contribution is 0.0591. The van der Waals surface area contributed by atoms with Crippen molar-refractivity contribution in [3.63, 3.8) is 0 Å². The third-order valence-electron chi connectivity index (χ3n) is 4.47. The summed E-state index contributed by atoms with van der Waals surface area (Å²) in [5, 5.41) is 0. The minimum Gasteiger partial charge on any atom is -0.327 e. The van der Waals surface area contributed by atoms with E-state index in [-0.39, 0.29) is 0 Å². The molecule has 2 heteroatoms. The Hall–Kier alpha value is -0.0800. The minimum atomic E-state index is 0.317. The van der Waals surface area contributed by atoms with E-state index < -0.39 is 0 Å². The van der Waals surface area contributed by atoms with Gasteiger partial charge in [0, 0.05) is 12.1 Å². The Morgan fingerprint density at radius 3 is 1.64 bits per heavy atom. The van der Waals surface area contributed by atoms with Crippen LogP contribution in [0, 0.1) is 29.6 Å². The Morgan fingerprint density at radius 1 is 0.786 bits per heavy atom. The highest BCUT2D eigenvalue weighted by Gasteiger charge is 2.42. The van der Waals surface area contributed by atoms with Crippen LogP contribution in [0.2, 0.25) is 0 Å². The smallest absolute Gasteiger partial charge is 0.0102 e. The third-order valence-corrected chi connectivity index (χ3v) is 4.47. The summed E-state index contributed by atoms with van der Waals surface area (Å²) in [4.78, 5) is 0. The molecular formula is C12H26N2. The summed E-state index contributed by atoms with van der Waals surface area (Å²) in [5.41, 5.74) is 12.6. The molecule has 1 rings (SSSR count). The Kier molecular flexibility index (Phi) is 3.59. The van der Waals surface area contributed by atoms with E-state index in [1.807, 2.05) is 0 Å². The van der Waals surface area contributed by atoms with Crippen molar-refractivity contribution in [2.75, 3.05) is 0 Å². The number of hydrogen-bond donors (Lipinski definition) is 2. The molecule has 4 N–H and O–H groups in total. The van der Waals surface area contributed by atoms with Gasteiger partial charge in [-0.05, 0) is 29.6 Å². The fourth-order valence-electron chi connectivity index (χ4n) is 3.19. The molecule has 1 saturated carbocycles. The van der Waals surface area contributed by atoms with Gasteiger partial charge >= 0.3 is 0 Å². The predicted molar refractivity (Wildman–Crippen MR) is 61.8 cm³/mol. The maximum Gasteiger partial charge on any atom is 0.0102 e. The largest absolute Gasteiger partial charge is 0.327 e. The zero-order valence-corrected chi connectivity index (χ0v) is 10.2. The van der Waals surface area contributed by atoms with Gasteiger partial charge in [0.15, 0.2) is 0 Å². The van der Waals surface area contributed by atoms with Crippen LogP contribution in [-0.4, -0.2) is 12.1 Å². The highest BCUT2D eigenvalue weighted by Crippen LogP contribution is 2.39. The molecular weight excluding hydrogens is 172 g/mol. The van der Waals surface area contributed by atoms with Crippen LogP contribution in [0.25, 0.3) is 0 Å². The third kappa shape index (κ3) is 1.82. The minimum absolute atomic E-state index is 0.317. The van der Waals surface area contributed by atoms with Gasteiger partial charge in [-0.15, -0.1) is 0 Å². The molecule has 6 atom stereocenters. The molecule has 0 bridgehead atoms. The molecule has 1 aliphatic carbocycles. The van der Waals surface area contributed by atoms with E-state index in [4.69, 9.17) is 11.5 Å². The van der Waals surface area contributed by atoms with Crippen molar-refractivity contribution in [1.82, 2.24) is 0 Å². The van der Waals surface area contributed by atoms with Gasteiger partial charge in [-0.2, -0.15) is 0 Å². The molecule has 14 heavy (non-hydrogen) atoms. The van der Waals surface area contributed by atoms with Gasteiger partial charge in [0.1, 0.15) is 0 Å². The molecule has 0 aromatic rings. The molecule has 0 spiro atoms. The number of rotatable bonds is 1. The number of hydrogen-bond acceptors (Lipinski definition) is 2. The molecule has 0 saturated heterocycles. The Balaban J connectivity index is 2.86. The van der Waals surface area contributed by atoms with Crippen LogP contribution in [0.4, 0.5) is 0 Å². The summed E-state index contributed by atoms with van der Waals surface area (Å²) >= 11 is 0. The van der Waals surface area contributed by atoms with Crippen LogP contribution in [0.15, 0.2) is 0 Å². The van der Waals surface area contributed by atoms with Gasteiger partial charge in [-0.1, -0.05) is 34.6 Å². The second-order valence-electron chi connectivity index (χ2n) is 5.55. The first-order valence-electron chi connectivity index (χ1n) is 5.89. The van der Waals surface area contributed by atoms with Crippen molar-refractivity contribution in [1.29, 1.82) is 0 Å². The Labute approximate surface area is 88.4 Å². The highest BCUT2D eigenvalue weighted by atomic mass is 14.8. The SMILES string of the molecule is CC(C)C1C(C)C(N)C(C)C(C)C1N. The van der Waals surface area contributed by atoms with Gasteiger partial charge in [-0.3, -0.25) is 0 Å². The monoisotopic (exact) mass is 198 g/mol. The number of nitrogens with two attached hydrogens (primary N) is 2. The van der Waals surface area contributed by atoms with Crippen molar-refractivity contribution < 1.29 is 0 Å². The van der Waals surface area contributed by atoms with Crippen molar-refractivity contribution in [2.45, 2.75) is 46.7 Å². The molecule has 2 nitrogen and oxygen atoms in total. The molecule has 0 radical (unpaired) electrons. The first-order chi connectivity index (χ1) is 6.37. The summed E-state index contributed by atoms with van der Waals surface area (Å²) in [6.07, 6.45) is 0. The van der Waals surface area contributed by atoms with E-state index in [2.05, 4.69) is 34.6 Å². The maximum absolute atomic E-state index is 6.31. The van der Waals surface area contributed by atoms with Gasteiger partial charge in [0.2, 0.25) is 0 Å². The molecule has 0 aromatic heterocycles. The van der Waals surface area contributed by atoms with E-state index in [0.29, 0.717) is 41.7 Å². The average Bonchev–Trinajstić information content (AvgIpc) is 2.11. The molecule has 0 aromatic carbocycles. The van der Waals surface area contributed by atoms with Crippen molar-refractivity contribution in [3.05, 3.63) is 0 Å². The molecule has 6 unspecified atom stereocenters. The second-order valence-corrected chi connectivity index (χ2v) is 5.55. The lowest BCUT2D eigenvalue weighted by Gasteiger charge is -2.48. The van der Waals surface area contributed by atoms with Crippen LogP contribution in [-0.2, 0) is 0 Å². The Bertz CT molecular complexity index is 175. The summed E-state index contributed by atoms with van der Waals surface area (Å²) in [5.74, 6) is 2.87. The zero-order valence-electron chi connectivity index (χ0n) is 10.2. The average molecular weight is 198 g/mol. The first-order valence-corrected chi connectivity index (χ1v) is 5.89. The van der Waals surface area contributed by atoms with Gasteiger partial charge in [-0.25, -0.2) is 0 Å². The molecule has 0 aliphatic heterocycles. The summed E-state index contributed by atoms with van der Waals surface area (Å²) in [7, 11) is 0.